The van der Waals surface area contributed by atoms with Gasteiger partial charge in [-0.2, -0.15) is 11.8 Å². The highest BCUT2D eigenvalue weighted by Gasteiger charge is 2.26. The Morgan fingerprint density at radius 1 is 1.09 bits per heavy atom. The van der Waals surface area contributed by atoms with Gasteiger partial charge in [0.05, 0.1) is 18.1 Å². The third kappa shape index (κ3) is 3.88. The Balaban J connectivity index is 1.57. The van der Waals surface area contributed by atoms with Crippen molar-refractivity contribution in [1.29, 1.82) is 0 Å². The van der Waals surface area contributed by atoms with Crippen LogP contribution in [0.2, 0.25) is 0 Å². The summed E-state index contributed by atoms with van der Waals surface area (Å²) < 4.78 is 0. The second-order valence-electron chi connectivity index (χ2n) is 6.33. The minimum atomic E-state index is 0.160. The third-order valence-electron chi connectivity index (χ3n) is 4.57. The maximum absolute atomic E-state index is 12.0. The summed E-state index contributed by atoms with van der Waals surface area (Å²) in [7, 11) is 3.67. The molecule has 2 fully saturated rings. The number of thioether (sulfide) groups is 1. The van der Waals surface area contributed by atoms with Crippen molar-refractivity contribution in [2.45, 2.75) is 12.8 Å². The molecule has 6 nitrogen and oxygen atoms in total. The molecule has 0 aliphatic carbocycles. The highest BCUT2D eigenvalue weighted by atomic mass is 32.2. The van der Waals surface area contributed by atoms with Crippen LogP contribution in [0.15, 0.2) is 12.4 Å². The molecule has 1 aromatic rings. The van der Waals surface area contributed by atoms with Crippen molar-refractivity contribution in [2.24, 2.45) is 5.92 Å². The first-order valence-electron chi connectivity index (χ1n) is 8.26. The highest BCUT2D eigenvalue weighted by Crippen LogP contribution is 2.24. The average Bonchev–Trinajstić information content (AvgIpc) is 2.62. The lowest BCUT2D eigenvalue weighted by molar-refractivity contribution is -0.133. The molecule has 0 radical (unpaired) electrons. The molecule has 0 bridgehead atoms. The van der Waals surface area contributed by atoms with Crippen LogP contribution in [-0.4, -0.2) is 72.6 Å². The number of aromatic nitrogens is 2. The fraction of sp³-hybridized carbons (Fsp3) is 0.688. The Labute approximate surface area is 142 Å². The Morgan fingerprint density at radius 2 is 1.70 bits per heavy atom. The van der Waals surface area contributed by atoms with Gasteiger partial charge in [0.25, 0.3) is 0 Å². The molecule has 3 rings (SSSR count). The lowest BCUT2D eigenvalue weighted by Gasteiger charge is -2.33. The summed E-state index contributed by atoms with van der Waals surface area (Å²) in [6, 6.07) is 0. The van der Waals surface area contributed by atoms with Gasteiger partial charge < -0.3 is 14.7 Å². The van der Waals surface area contributed by atoms with Crippen molar-refractivity contribution in [3.8, 4) is 0 Å². The highest BCUT2D eigenvalue weighted by molar-refractivity contribution is 7.99. The van der Waals surface area contributed by atoms with E-state index in [0.717, 1.165) is 62.2 Å². The SMILES string of the molecule is CN(C)C(=O)C1CCN(c2cnc(N3CCSCC3)nc2)CC1. The molecule has 2 aliphatic heterocycles. The standard InChI is InChI=1S/C16H25N5OS/c1-19(2)15(22)13-3-5-20(6-4-13)14-11-17-16(18-12-14)21-7-9-23-10-8-21/h11-13H,3-10H2,1-2H3. The van der Waals surface area contributed by atoms with E-state index in [1.54, 1.807) is 4.90 Å². The van der Waals surface area contributed by atoms with Gasteiger partial charge >= 0.3 is 0 Å². The van der Waals surface area contributed by atoms with Gasteiger partial charge in [-0.05, 0) is 12.8 Å². The molecule has 23 heavy (non-hydrogen) atoms. The summed E-state index contributed by atoms with van der Waals surface area (Å²) in [6.45, 7) is 3.85. The van der Waals surface area contributed by atoms with Gasteiger partial charge in [-0.25, -0.2) is 9.97 Å². The Kier molecular flexibility index (Phi) is 5.25. The van der Waals surface area contributed by atoms with E-state index in [-0.39, 0.29) is 11.8 Å². The van der Waals surface area contributed by atoms with Crippen LogP contribution in [0.1, 0.15) is 12.8 Å². The molecule has 7 heteroatoms. The third-order valence-corrected chi connectivity index (χ3v) is 5.51. The summed E-state index contributed by atoms with van der Waals surface area (Å²) in [5, 5.41) is 0. The van der Waals surface area contributed by atoms with Crippen LogP contribution < -0.4 is 9.80 Å². The van der Waals surface area contributed by atoms with Crippen LogP contribution in [-0.2, 0) is 4.79 Å². The molecule has 1 amide bonds. The fourth-order valence-electron chi connectivity index (χ4n) is 3.15. The molecule has 3 heterocycles. The number of carbonyl (C=O) groups excluding carboxylic acids is 1. The monoisotopic (exact) mass is 335 g/mol. The second-order valence-corrected chi connectivity index (χ2v) is 7.56. The molecule has 0 aromatic carbocycles. The van der Waals surface area contributed by atoms with E-state index in [0.29, 0.717) is 0 Å². The number of hydrogen-bond donors (Lipinski definition) is 0. The molecular weight excluding hydrogens is 310 g/mol. The van der Waals surface area contributed by atoms with Gasteiger partial charge in [0.15, 0.2) is 0 Å². The van der Waals surface area contributed by atoms with Gasteiger partial charge in [0.2, 0.25) is 11.9 Å². The van der Waals surface area contributed by atoms with Crippen molar-refractivity contribution in [3.63, 3.8) is 0 Å². The molecule has 126 valence electrons. The summed E-state index contributed by atoms with van der Waals surface area (Å²) in [6.07, 6.45) is 5.67. The van der Waals surface area contributed by atoms with E-state index >= 15 is 0 Å². The average molecular weight is 335 g/mol. The topological polar surface area (TPSA) is 52.6 Å². The first-order chi connectivity index (χ1) is 11.1. The van der Waals surface area contributed by atoms with Crippen LogP contribution in [0.25, 0.3) is 0 Å². The zero-order chi connectivity index (χ0) is 16.2. The zero-order valence-electron chi connectivity index (χ0n) is 13.9. The minimum absolute atomic E-state index is 0.160. The number of piperidine rings is 1. The summed E-state index contributed by atoms with van der Waals surface area (Å²) in [4.78, 5) is 27.4. The second kappa shape index (κ2) is 7.38. The smallest absolute Gasteiger partial charge is 0.225 e. The van der Waals surface area contributed by atoms with E-state index in [4.69, 9.17) is 0 Å². The maximum Gasteiger partial charge on any atom is 0.225 e. The van der Waals surface area contributed by atoms with Crippen LogP contribution in [0.4, 0.5) is 11.6 Å². The van der Waals surface area contributed by atoms with E-state index < -0.39 is 0 Å². The van der Waals surface area contributed by atoms with Crippen LogP contribution >= 0.6 is 11.8 Å². The van der Waals surface area contributed by atoms with Gasteiger partial charge in [-0.3, -0.25) is 4.79 Å². The predicted octanol–water partition coefficient (Wildman–Crippen LogP) is 1.33. The summed E-state index contributed by atoms with van der Waals surface area (Å²) >= 11 is 1.99. The number of amides is 1. The van der Waals surface area contributed by atoms with Crippen LogP contribution in [0.5, 0.6) is 0 Å². The number of hydrogen-bond acceptors (Lipinski definition) is 6. The maximum atomic E-state index is 12.0. The van der Waals surface area contributed by atoms with Crippen molar-refractivity contribution in [3.05, 3.63) is 12.4 Å². The molecule has 1 aromatic heterocycles. The predicted molar refractivity (Wildman–Crippen MR) is 95.2 cm³/mol. The van der Waals surface area contributed by atoms with E-state index in [1.165, 1.54) is 0 Å². The number of rotatable bonds is 3. The Morgan fingerprint density at radius 3 is 2.26 bits per heavy atom. The minimum Gasteiger partial charge on any atom is -0.369 e. The van der Waals surface area contributed by atoms with Crippen LogP contribution in [0, 0.1) is 5.92 Å². The lowest BCUT2D eigenvalue weighted by Crippen LogP contribution is -2.40. The Bertz CT molecular complexity index is 522. The zero-order valence-corrected chi connectivity index (χ0v) is 14.8. The van der Waals surface area contributed by atoms with Crippen molar-refractivity contribution in [2.75, 3.05) is 61.6 Å². The normalized spacial score (nSPS) is 19.7. The quantitative estimate of drug-likeness (QED) is 0.831. The molecule has 2 saturated heterocycles. The molecule has 0 N–H and O–H groups in total. The van der Waals surface area contributed by atoms with Gasteiger partial charge in [0, 0.05) is 57.7 Å². The Hall–Kier alpha value is -1.50. The summed E-state index contributed by atoms with van der Waals surface area (Å²) in [5.74, 6) is 3.55. The van der Waals surface area contributed by atoms with E-state index in [1.807, 2.05) is 38.3 Å². The number of carbonyl (C=O) groups is 1. The largest absolute Gasteiger partial charge is 0.369 e. The first kappa shape index (κ1) is 16.4. The fourth-order valence-corrected chi connectivity index (χ4v) is 4.06. The van der Waals surface area contributed by atoms with Gasteiger partial charge in [-0.15, -0.1) is 0 Å². The first-order valence-corrected chi connectivity index (χ1v) is 9.41. The van der Waals surface area contributed by atoms with E-state index in [2.05, 4.69) is 19.8 Å². The van der Waals surface area contributed by atoms with Crippen molar-refractivity contribution >= 4 is 29.3 Å². The van der Waals surface area contributed by atoms with E-state index in [9.17, 15) is 4.79 Å². The molecule has 0 unspecified atom stereocenters. The summed E-state index contributed by atoms with van der Waals surface area (Å²) in [5.41, 5.74) is 1.07. The molecule has 0 spiro atoms. The number of nitrogens with zero attached hydrogens (tertiary/aromatic N) is 5. The molecular formula is C16H25N5OS. The number of anilines is 2. The molecule has 0 atom stereocenters. The molecule has 0 saturated carbocycles. The lowest BCUT2D eigenvalue weighted by atomic mass is 9.95. The van der Waals surface area contributed by atoms with Gasteiger partial charge in [0.1, 0.15) is 0 Å². The van der Waals surface area contributed by atoms with Gasteiger partial charge in [-0.1, -0.05) is 0 Å². The van der Waals surface area contributed by atoms with Crippen molar-refractivity contribution in [1.82, 2.24) is 14.9 Å². The van der Waals surface area contributed by atoms with Crippen molar-refractivity contribution < 1.29 is 4.79 Å². The van der Waals surface area contributed by atoms with Crippen LogP contribution in [0.3, 0.4) is 0 Å². The molecule has 2 aliphatic rings.